The van der Waals surface area contributed by atoms with Crippen molar-refractivity contribution in [3.63, 3.8) is 0 Å². The van der Waals surface area contributed by atoms with Crippen LogP contribution in [0.15, 0.2) is 24.3 Å². The van der Waals surface area contributed by atoms with Gasteiger partial charge >= 0.3 is 6.03 Å². The Balaban J connectivity index is 1.67. The van der Waals surface area contributed by atoms with Crippen molar-refractivity contribution in [2.75, 3.05) is 56.8 Å². The lowest BCUT2D eigenvalue weighted by atomic mass is 10.0. The van der Waals surface area contributed by atoms with Crippen LogP contribution in [0.25, 0.3) is 11.4 Å². The summed E-state index contributed by atoms with van der Waals surface area (Å²) in [6.07, 6.45) is 0.915. The fraction of sp³-hybridized carbons (Fsp3) is 0.560. The predicted octanol–water partition coefficient (Wildman–Crippen LogP) is 2.90. The van der Waals surface area contributed by atoms with Gasteiger partial charge in [-0.05, 0) is 51.5 Å². The van der Waals surface area contributed by atoms with Crippen LogP contribution in [0.5, 0.6) is 0 Å². The van der Waals surface area contributed by atoms with Gasteiger partial charge < -0.3 is 25.0 Å². The molecule has 2 N–H and O–H groups in total. The van der Waals surface area contributed by atoms with Gasteiger partial charge in [0, 0.05) is 56.1 Å². The van der Waals surface area contributed by atoms with Crippen molar-refractivity contribution < 1.29 is 14.3 Å². The molecule has 4 rings (SSSR count). The zero-order valence-corrected chi connectivity index (χ0v) is 20.6. The molecule has 9 nitrogen and oxygen atoms in total. The van der Waals surface area contributed by atoms with Gasteiger partial charge in [-0.2, -0.15) is 0 Å². The van der Waals surface area contributed by atoms with Gasteiger partial charge in [0.1, 0.15) is 5.82 Å². The van der Waals surface area contributed by atoms with Crippen molar-refractivity contribution in [3.8, 4) is 11.4 Å². The number of methoxy groups -OCH3 is 1. The molecule has 2 atom stereocenters. The van der Waals surface area contributed by atoms with Crippen LogP contribution < -0.4 is 15.5 Å². The Hall–Kier alpha value is -2.75. The zero-order valence-electron chi connectivity index (χ0n) is 20.6. The number of anilines is 2. The number of urea groups is 1. The number of nitrogens with zero attached hydrogens (tertiary/aromatic N) is 4. The van der Waals surface area contributed by atoms with Gasteiger partial charge in [0.2, 0.25) is 0 Å². The van der Waals surface area contributed by atoms with Crippen LogP contribution in [0.3, 0.4) is 0 Å². The van der Waals surface area contributed by atoms with Gasteiger partial charge in [-0.25, -0.2) is 14.8 Å². The lowest BCUT2D eigenvalue weighted by molar-refractivity contribution is 0.0890. The van der Waals surface area contributed by atoms with E-state index in [-0.39, 0.29) is 12.1 Å². The molecule has 0 radical (unpaired) electrons. The van der Waals surface area contributed by atoms with Crippen LogP contribution in [0.1, 0.15) is 32.0 Å². The number of rotatable bonds is 7. The largest absolute Gasteiger partial charge is 0.383 e. The molecule has 9 heteroatoms. The fourth-order valence-corrected chi connectivity index (χ4v) is 4.60. The van der Waals surface area contributed by atoms with Crippen molar-refractivity contribution in [3.05, 3.63) is 35.5 Å². The van der Waals surface area contributed by atoms with Gasteiger partial charge in [0.15, 0.2) is 5.82 Å². The molecular weight excluding hydrogens is 432 g/mol. The highest BCUT2D eigenvalue weighted by Gasteiger charge is 2.30. The second-order valence-electron chi connectivity index (χ2n) is 9.00. The summed E-state index contributed by atoms with van der Waals surface area (Å²) in [5.41, 5.74) is 3.98. The molecule has 2 aromatic rings. The number of benzene rings is 1. The lowest BCUT2D eigenvalue weighted by Crippen LogP contribution is -2.46. The number of hydrogen-bond donors (Lipinski definition) is 2. The van der Waals surface area contributed by atoms with Gasteiger partial charge in [0.05, 0.1) is 31.6 Å². The molecule has 3 heterocycles. The first-order valence-electron chi connectivity index (χ1n) is 12.1. The van der Waals surface area contributed by atoms with E-state index in [1.165, 1.54) is 5.56 Å². The first kappa shape index (κ1) is 24.4. The Bertz CT molecular complexity index is 983. The van der Waals surface area contributed by atoms with E-state index >= 15 is 0 Å². The maximum atomic E-state index is 11.8. The van der Waals surface area contributed by atoms with Crippen molar-refractivity contribution in [2.24, 2.45) is 0 Å². The third kappa shape index (κ3) is 5.48. The minimum Gasteiger partial charge on any atom is -0.383 e. The van der Waals surface area contributed by atoms with Gasteiger partial charge in [-0.1, -0.05) is 0 Å². The summed E-state index contributed by atoms with van der Waals surface area (Å²) in [7, 11) is 1.75. The van der Waals surface area contributed by atoms with Crippen molar-refractivity contribution in [1.82, 2.24) is 20.2 Å². The molecule has 2 aliphatic rings. The van der Waals surface area contributed by atoms with E-state index in [0.29, 0.717) is 38.2 Å². The summed E-state index contributed by atoms with van der Waals surface area (Å²) < 4.78 is 11.1. The molecule has 0 spiro atoms. The van der Waals surface area contributed by atoms with E-state index < -0.39 is 0 Å². The number of amides is 2. The van der Waals surface area contributed by atoms with Crippen LogP contribution in [-0.4, -0.2) is 79.5 Å². The molecule has 0 saturated carbocycles. The molecule has 1 aromatic heterocycles. The zero-order chi connectivity index (χ0) is 24.1. The summed E-state index contributed by atoms with van der Waals surface area (Å²) in [6, 6.07) is 8.06. The molecule has 1 saturated heterocycles. The average Bonchev–Trinajstić information content (AvgIpc) is 2.84. The van der Waals surface area contributed by atoms with E-state index in [1.807, 2.05) is 31.2 Å². The number of morpholine rings is 1. The Kier molecular flexibility index (Phi) is 7.97. The predicted molar refractivity (Wildman–Crippen MR) is 133 cm³/mol. The van der Waals surface area contributed by atoms with Gasteiger partial charge in [0.25, 0.3) is 0 Å². The molecule has 2 unspecified atom stereocenters. The Morgan fingerprint density at radius 3 is 2.76 bits per heavy atom. The van der Waals surface area contributed by atoms with Crippen molar-refractivity contribution >= 4 is 17.5 Å². The molecule has 2 aliphatic heterocycles. The highest BCUT2D eigenvalue weighted by atomic mass is 16.5. The van der Waals surface area contributed by atoms with E-state index in [1.54, 1.807) is 7.11 Å². The number of fused-ring (bicyclic) bond motifs is 1. The van der Waals surface area contributed by atoms with Crippen LogP contribution >= 0.6 is 0 Å². The minimum atomic E-state index is -0.214. The Labute approximate surface area is 201 Å². The summed E-state index contributed by atoms with van der Waals surface area (Å²) >= 11 is 0. The third-order valence-electron chi connectivity index (χ3n) is 6.48. The normalized spacial score (nSPS) is 19.4. The third-order valence-corrected chi connectivity index (χ3v) is 6.48. The topological polar surface area (TPSA) is 91.9 Å². The van der Waals surface area contributed by atoms with Gasteiger partial charge in [-0.3, -0.25) is 4.90 Å². The smallest absolute Gasteiger partial charge is 0.319 e. The average molecular weight is 469 g/mol. The van der Waals surface area contributed by atoms with Crippen molar-refractivity contribution in [2.45, 2.75) is 45.8 Å². The van der Waals surface area contributed by atoms with E-state index in [4.69, 9.17) is 19.4 Å². The number of nitrogens with one attached hydrogen (secondary N) is 2. The van der Waals surface area contributed by atoms with Crippen LogP contribution in [0, 0.1) is 0 Å². The number of aromatic nitrogens is 2. The molecule has 34 heavy (non-hydrogen) atoms. The monoisotopic (exact) mass is 468 g/mol. The highest BCUT2D eigenvalue weighted by molar-refractivity contribution is 5.89. The number of carbonyl (C=O) groups is 1. The Morgan fingerprint density at radius 2 is 2.06 bits per heavy atom. The maximum absolute atomic E-state index is 11.8. The second-order valence-corrected chi connectivity index (χ2v) is 9.00. The quantitative estimate of drug-likeness (QED) is 0.646. The second kappa shape index (κ2) is 11.1. The molecular formula is C25H36N6O3. The molecule has 184 valence electrons. The maximum Gasteiger partial charge on any atom is 0.319 e. The molecule has 0 aliphatic carbocycles. The molecule has 0 bridgehead atoms. The van der Waals surface area contributed by atoms with Crippen molar-refractivity contribution in [1.29, 1.82) is 0 Å². The first-order chi connectivity index (χ1) is 16.5. The Morgan fingerprint density at radius 1 is 1.26 bits per heavy atom. The standard InChI is InChI=1S/C25H36N6O3/c1-5-26-25(32)27-20-8-6-19(7-9-20)23-28-22-14-30(17(2)15-33-4)11-10-21(22)24(29-23)31-12-13-34-16-18(31)3/h6-9,17-18H,5,10-16H2,1-4H3,(H2,26,27,32). The highest BCUT2D eigenvalue weighted by Crippen LogP contribution is 2.32. The summed E-state index contributed by atoms with van der Waals surface area (Å²) in [5, 5.41) is 5.58. The molecule has 1 fully saturated rings. The molecule has 1 aromatic carbocycles. The van der Waals surface area contributed by atoms with Gasteiger partial charge in [-0.15, -0.1) is 0 Å². The fourth-order valence-electron chi connectivity index (χ4n) is 4.60. The summed E-state index contributed by atoms with van der Waals surface area (Å²) in [4.78, 5) is 26.7. The summed E-state index contributed by atoms with van der Waals surface area (Å²) in [6.45, 7) is 11.5. The number of carbonyl (C=O) groups excluding carboxylic acids is 1. The van der Waals surface area contributed by atoms with Crippen LogP contribution in [-0.2, 0) is 22.4 Å². The SMILES string of the molecule is CCNC(=O)Nc1ccc(-c2nc3c(c(N4CCOCC4C)n2)CCN(C(C)COC)C3)cc1. The first-order valence-corrected chi connectivity index (χ1v) is 12.1. The number of ether oxygens (including phenoxy) is 2. The van der Waals surface area contributed by atoms with Crippen LogP contribution in [0.2, 0.25) is 0 Å². The van der Waals surface area contributed by atoms with E-state index in [9.17, 15) is 4.79 Å². The molecule has 2 amide bonds. The summed E-state index contributed by atoms with van der Waals surface area (Å²) in [5.74, 6) is 1.73. The lowest BCUT2D eigenvalue weighted by Gasteiger charge is -2.38. The minimum absolute atomic E-state index is 0.214. The van der Waals surface area contributed by atoms with E-state index in [0.717, 1.165) is 48.8 Å². The van der Waals surface area contributed by atoms with E-state index in [2.05, 4.69) is 34.3 Å². The number of hydrogen-bond acceptors (Lipinski definition) is 7. The van der Waals surface area contributed by atoms with Crippen LogP contribution in [0.4, 0.5) is 16.3 Å².